The number of nitrogens with two attached hydrogens (primary N) is 1. The fourth-order valence-electron chi connectivity index (χ4n) is 1.93. The first-order chi connectivity index (χ1) is 11.6. The van der Waals surface area contributed by atoms with Crippen molar-refractivity contribution >= 4 is 23.9 Å². The van der Waals surface area contributed by atoms with E-state index in [1.807, 2.05) is 48.5 Å². The van der Waals surface area contributed by atoms with Gasteiger partial charge in [0.05, 0.1) is 0 Å². The van der Waals surface area contributed by atoms with Gasteiger partial charge in [-0.05, 0) is 23.3 Å². The summed E-state index contributed by atoms with van der Waals surface area (Å²) in [4.78, 5) is 22.3. The van der Waals surface area contributed by atoms with Crippen molar-refractivity contribution in [2.75, 3.05) is 11.9 Å². The first kappa shape index (κ1) is 17.1. The zero-order chi connectivity index (χ0) is 17.2. The highest BCUT2D eigenvalue weighted by atomic mass is 16.5. The highest BCUT2D eigenvalue weighted by Gasteiger charge is 2.00. The molecule has 2 aromatic carbocycles. The smallest absolute Gasteiger partial charge is 0.407 e. The van der Waals surface area contributed by atoms with E-state index in [9.17, 15) is 9.59 Å². The summed E-state index contributed by atoms with van der Waals surface area (Å²) < 4.78 is 5.10. The Labute approximate surface area is 140 Å². The van der Waals surface area contributed by atoms with Crippen molar-refractivity contribution in [2.45, 2.75) is 6.61 Å². The number of hydrogen-bond acceptors (Lipinski definition) is 3. The summed E-state index contributed by atoms with van der Waals surface area (Å²) >= 11 is 0. The molecule has 6 heteroatoms. The van der Waals surface area contributed by atoms with Crippen LogP contribution in [0.15, 0.2) is 60.7 Å². The SMILES string of the molecule is NC(=O)Nc1ccc(C=CCNC(=O)OCc2ccccc2)cc1. The Hall–Kier alpha value is -3.28. The Bertz CT molecular complexity index is 697. The molecule has 24 heavy (non-hydrogen) atoms. The van der Waals surface area contributed by atoms with Gasteiger partial charge in [-0.1, -0.05) is 54.6 Å². The van der Waals surface area contributed by atoms with Crippen LogP contribution >= 0.6 is 0 Å². The van der Waals surface area contributed by atoms with E-state index >= 15 is 0 Å². The van der Waals surface area contributed by atoms with Crippen LogP contribution in [-0.2, 0) is 11.3 Å². The van der Waals surface area contributed by atoms with E-state index < -0.39 is 12.1 Å². The summed E-state index contributed by atoms with van der Waals surface area (Å²) in [5.74, 6) is 0. The molecular weight excluding hydrogens is 306 g/mol. The average Bonchev–Trinajstić information content (AvgIpc) is 2.59. The number of amides is 3. The summed E-state index contributed by atoms with van der Waals surface area (Å²) in [5, 5.41) is 5.12. The predicted octanol–water partition coefficient (Wildman–Crippen LogP) is 3.12. The van der Waals surface area contributed by atoms with Gasteiger partial charge in [0.2, 0.25) is 0 Å². The lowest BCUT2D eigenvalue weighted by Gasteiger charge is -2.05. The number of nitrogens with one attached hydrogen (secondary N) is 2. The van der Waals surface area contributed by atoms with Gasteiger partial charge in [-0.15, -0.1) is 0 Å². The summed E-state index contributed by atoms with van der Waals surface area (Å²) in [7, 11) is 0. The van der Waals surface area contributed by atoms with Gasteiger partial charge < -0.3 is 21.1 Å². The second-order valence-electron chi connectivity index (χ2n) is 4.96. The third-order valence-corrected chi connectivity index (χ3v) is 3.07. The highest BCUT2D eigenvalue weighted by Crippen LogP contribution is 2.10. The second kappa shape index (κ2) is 8.99. The predicted molar refractivity (Wildman–Crippen MR) is 93.3 cm³/mol. The van der Waals surface area contributed by atoms with Crippen molar-refractivity contribution in [1.82, 2.24) is 5.32 Å². The van der Waals surface area contributed by atoms with Crippen molar-refractivity contribution in [3.05, 3.63) is 71.8 Å². The molecule has 6 nitrogen and oxygen atoms in total. The number of ether oxygens (including phenoxy) is 1. The number of anilines is 1. The Kier molecular flexibility index (Phi) is 6.40. The minimum absolute atomic E-state index is 0.241. The Balaban J connectivity index is 1.70. The average molecular weight is 325 g/mol. The molecule has 0 aliphatic rings. The number of carbonyl (C=O) groups is 2. The quantitative estimate of drug-likeness (QED) is 0.761. The van der Waals surface area contributed by atoms with Gasteiger partial charge in [-0.25, -0.2) is 9.59 Å². The number of benzene rings is 2. The molecule has 4 N–H and O–H groups in total. The maximum atomic E-state index is 11.6. The molecule has 0 aliphatic heterocycles. The summed E-state index contributed by atoms with van der Waals surface area (Å²) in [5.41, 5.74) is 7.53. The van der Waals surface area contributed by atoms with E-state index in [1.54, 1.807) is 18.2 Å². The maximum absolute atomic E-state index is 11.6. The van der Waals surface area contributed by atoms with Crippen LogP contribution in [0.1, 0.15) is 11.1 Å². The van der Waals surface area contributed by atoms with Gasteiger partial charge >= 0.3 is 12.1 Å². The van der Waals surface area contributed by atoms with Crippen molar-refractivity contribution in [3.63, 3.8) is 0 Å². The molecule has 0 fully saturated rings. The first-order valence-corrected chi connectivity index (χ1v) is 7.41. The number of carbonyl (C=O) groups excluding carboxylic acids is 2. The highest BCUT2D eigenvalue weighted by molar-refractivity contribution is 5.87. The lowest BCUT2D eigenvalue weighted by molar-refractivity contribution is 0.141. The van der Waals surface area contributed by atoms with Crippen LogP contribution in [0.3, 0.4) is 0 Å². The lowest BCUT2D eigenvalue weighted by Crippen LogP contribution is -2.24. The molecule has 0 heterocycles. The number of primary amides is 1. The van der Waals surface area contributed by atoms with Crippen molar-refractivity contribution < 1.29 is 14.3 Å². The van der Waals surface area contributed by atoms with Crippen molar-refractivity contribution in [3.8, 4) is 0 Å². The third-order valence-electron chi connectivity index (χ3n) is 3.07. The van der Waals surface area contributed by atoms with E-state index in [0.29, 0.717) is 12.2 Å². The van der Waals surface area contributed by atoms with Gasteiger partial charge in [0, 0.05) is 12.2 Å². The van der Waals surface area contributed by atoms with E-state index in [1.165, 1.54) is 0 Å². The van der Waals surface area contributed by atoms with Crippen LogP contribution in [-0.4, -0.2) is 18.7 Å². The molecule has 0 aliphatic carbocycles. The van der Waals surface area contributed by atoms with Gasteiger partial charge in [0.1, 0.15) is 6.61 Å². The van der Waals surface area contributed by atoms with Crippen LogP contribution in [0, 0.1) is 0 Å². The molecule has 2 rings (SSSR count). The lowest BCUT2D eigenvalue weighted by atomic mass is 10.2. The van der Waals surface area contributed by atoms with Crippen molar-refractivity contribution in [1.29, 1.82) is 0 Å². The van der Waals surface area contributed by atoms with Crippen LogP contribution in [0.25, 0.3) is 6.08 Å². The molecule has 3 amide bonds. The first-order valence-electron chi connectivity index (χ1n) is 7.41. The number of alkyl carbamates (subject to hydrolysis) is 1. The third kappa shape index (κ3) is 6.23. The minimum Gasteiger partial charge on any atom is -0.445 e. The molecule has 0 radical (unpaired) electrons. The number of urea groups is 1. The Morgan fingerprint density at radius 2 is 1.75 bits per heavy atom. The second-order valence-corrected chi connectivity index (χ2v) is 4.96. The number of rotatable bonds is 6. The molecule has 0 aromatic heterocycles. The van der Waals surface area contributed by atoms with Gasteiger partial charge in [-0.3, -0.25) is 0 Å². The van der Waals surface area contributed by atoms with Crippen LogP contribution in [0.2, 0.25) is 0 Å². The van der Waals surface area contributed by atoms with E-state index in [0.717, 1.165) is 11.1 Å². The molecule has 0 bridgehead atoms. The molecule has 0 unspecified atom stereocenters. The van der Waals surface area contributed by atoms with Crippen LogP contribution < -0.4 is 16.4 Å². The molecule has 0 saturated carbocycles. The topological polar surface area (TPSA) is 93.5 Å². The monoisotopic (exact) mass is 325 g/mol. The fraction of sp³-hybridized carbons (Fsp3) is 0.111. The normalized spacial score (nSPS) is 10.3. The standard InChI is InChI=1S/C18H19N3O3/c19-17(22)21-16-10-8-14(9-11-16)7-4-12-20-18(23)24-13-15-5-2-1-3-6-15/h1-11H,12-13H2,(H,20,23)(H3,19,21,22). The molecule has 2 aromatic rings. The van der Waals surface area contributed by atoms with E-state index in [4.69, 9.17) is 10.5 Å². The van der Waals surface area contributed by atoms with E-state index in [2.05, 4.69) is 10.6 Å². The zero-order valence-electron chi connectivity index (χ0n) is 13.1. The maximum Gasteiger partial charge on any atom is 0.407 e. The zero-order valence-corrected chi connectivity index (χ0v) is 13.1. The fourth-order valence-corrected chi connectivity index (χ4v) is 1.93. The number of hydrogen-bond donors (Lipinski definition) is 3. The Morgan fingerprint density at radius 3 is 2.42 bits per heavy atom. The minimum atomic E-state index is -0.600. The van der Waals surface area contributed by atoms with Crippen LogP contribution in [0.4, 0.5) is 15.3 Å². The van der Waals surface area contributed by atoms with Gasteiger partial charge in [0.25, 0.3) is 0 Å². The molecule has 0 saturated heterocycles. The van der Waals surface area contributed by atoms with Gasteiger partial charge in [0.15, 0.2) is 0 Å². The largest absolute Gasteiger partial charge is 0.445 e. The Morgan fingerprint density at radius 1 is 1.04 bits per heavy atom. The molecule has 0 atom stereocenters. The van der Waals surface area contributed by atoms with Gasteiger partial charge in [-0.2, -0.15) is 0 Å². The summed E-state index contributed by atoms with van der Waals surface area (Å²) in [6.45, 7) is 0.597. The summed E-state index contributed by atoms with van der Waals surface area (Å²) in [6.07, 6.45) is 3.19. The van der Waals surface area contributed by atoms with Crippen molar-refractivity contribution in [2.24, 2.45) is 5.73 Å². The molecular formula is C18H19N3O3. The van der Waals surface area contributed by atoms with Crippen LogP contribution in [0.5, 0.6) is 0 Å². The van der Waals surface area contributed by atoms with E-state index in [-0.39, 0.29) is 6.61 Å². The summed E-state index contributed by atoms with van der Waals surface area (Å²) in [6, 6.07) is 16.0. The molecule has 124 valence electrons. The molecule has 0 spiro atoms.